The molecule has 2 atom stereocenters. The number of nitrogens with zero attached hydrogens (tertiary/aromatic N) is 5. The number of likely N-dealkylation sites (tertiary alicyclic amines) is 1. The molecule has 10 nitrogen and oxygen atoms in total. The van der Waals surface area contributed by atoms with Crippen LogP contribution in [0.3, 0.4) is 0 Å². The highest BCUT2D eigenvalue weighted by atomic mass is 19.1. The number of carbonyl (C=O) groups is 3. The lowest BCUT2D eigenvalue weighted by atomic mass is 10.1. The molecule has 39 heavy (non-hydrogen) atoms. The number of allylic oxidation sites excluding steroid dienone is 2. The Hall–Kier alpha value is -4.66. The Kier molecular flexibility index (Phi) is 9.43. The summed E-state index contributed by atoms with van der Waals surface area (Å²) in [5.74, 6) is 3.27. The van der Waals surface area contributed by atoms with Crippen molar-refractivity contribution >= 4 is 41.2 Å². The quantitative estimate of drug-likeness (QED) is 0.319. The molecule has 0 radical (unpaired) electrons. The molecule has 3 amide bonds. The molecule has 1 aromatic heterocycles. The van der Waals surface area contributed by atoms with Crippen molar-refractivity contribution in [2.45, 2.75) is 46.0 Å². The Morgan fingerprint density at radius 2 is 2.08 bits per heavy atom. The van der Waals surface area contributed by atoms with Crippen molar-refractivity contribution in [1.29, 1.82) is 0 Å². The summed E-state index contributed by atoms with van der Waals surface area (Å²) in [6.07, 6.45) is 1.61. The van der Waals surface area contributed by atoms with E-state index in [0.717, 1.165) is 4.90 Å². The highest BCUT2D eigenvalue weighted by molar-refractivity contribution is 6.05. The first-order valence-corrected chi connectivity index (χ1v) is 12.1. The van der Waals surface area contributed by atoms with Gasteiger partial charge in [0.15, 0.2) is 5.69 Å². The number of fused-ring (bicyclic) bond motifs is 1. The summed E-state index contributed by atoms with van der Waals surface area (Å²) < 4.78 is 29.4. The predicted octanol–water partition coefficient (Wildman–Crippen LogP) is 2.44. The Morgan fingerprint density at radius 3 is 2.72 bits per heavy atom. The van der Waals surface area contributed by atoms with E-state index in [1.54, 1.807) is 45.0 Å². The van der Waals surface area contributed by atoms with E-state index < -0.39 is 35.8 Å². The minimum Gasteiger partial charge on any atom is -0.364 e. The van der Waals surface area contributed by atoms with Crippen LogP contribution < -0.4 is 11.1 Å². The van der Waals surface area contributed by atoms with Crippen LogP contribution in [-0.4, -0.2) is 70.3 Å². The molecule has 0 aliphatic carbocycles. The fourth-order valence-corrected chi connectivity index (χ4v) is 3.93. The van der Waals surface area contributed by atoms with Gasteiger partial charge in [0.1, 0.15) is 24.6 Å². The molecule has 1 aliphatic heterocycles. The van der Waals surface area contributed by atoms with Gasteiger partial charge in [-0.3, -0.25) is 19.1 Å². The van der Waals surface area contributed by atoms with Gasteiger partial charge in [0.2, 0.25) is 17.6 Å². The highest BCUT2D eigenvalue weighted by Crippen LogP contribution is 2.24. The molecule has 1 aromatic carbocycles. The van der Waals surface area contributed by atoms with Crippen LogP contribution in [0.5, 0.6) is 0 Å². The maximum Gasteiger partial charge on any atom is 0.269 e. The van der Waals surface area contributed by atoms with Crippen molar-refractivity contribution in [3.63, 3.8) is 0 Å². The predicted molar refractivity (Wildman–Crippen MR) is 144 cm³/mol. The molecule has 0 bridgehead atoms. The number of nitrogens with two attached hydrogens (primary N) is 1. The number of carbonyl (C=O) groups excluding carboxylic acids is 3. The van der Waals surface area contributed by atoms with Gasteiger partial charge in [-0.1, -0.05) is 12.0 Å². The number of aliphatic imine (C=N–C) groups is 2. The van der Waals surface area contributed by atoms with Gasteiger partial charge in [-0.15, -0.1) is 0 Å². The lowest BCUT2D eigenvalue weighted by Gasteiger charge is -2.23. The third-order valence-electron chi connectivity index (χ3n) is 5.92. The van der Waals surface area contributed by atoms with Crippen molar-refractivity contribution in [3.8, 4) is 11.8 Å². The second-order valence-electron chi connectivity index (χ2n) is 8.96. The Labute approximate surface area is 224 Å². The van der Waals surface area contributed by atoms with Crippen LogP contribution in [0.1, 0.15) is 43.2 Å². The summed E-state index contributed by atoms with van der Waals surface area (Å²) in [5, 5.41) is 6.97. The second kappa shape index (κ2) is 12.7. The van der Waals surface area contributed by atoms with Crippen LogP contribution >= 0.6 is 0 Å². The van der Waals surface area contributed by atoms with Crippen molar-refractivity contribution < 1.29 is 23.2 Å². The molecule has 2 aromatic rings. The van der Waals surface area contributed by atoms with Gasteiger partial charge in [0.05, 0.1) is 18.6 Å². The van der Waals surface area contributed by atoms with E-state index in [9.17, 15) is 23.2 Å². The number of amidine groups is 1. The van der Waals surface area contributed by atoms with Crippen LogP contribution in [0.25, 0.3) is 10.9 Å². The molecular weight excluding hydrogens is 508 g/mol. The Balaban J connectivity index is 1.87. The van der Waals surface area contributed by atoms with Crippen molar-refractivity contribution in [2.75, 3.05) is 13.1 Å². The van der Waals surface area contributed by atoms with E-state index in [1.807, 2.05) is 0 Å². The van der Waals surface area contributed by atoms with Crippen LogP contribution in [0, 0.1) is 11.8 Å². The van der Waals surface area contributed by atoms with Gasteiger partial charge >= 0.3 is 0 Å². The van der Waals surface area contributed by atoms with Crippen LogP contribution in [0.4, 0.5) is 8.78 Å². The zero-order valence-electron chi connectivity index (χ0n) is 21.9. The molecule has 3 rings (SSSR count). The number of nitrogens with one attached hydrogen (secondary N) is 1. The molecule has 12 heteroatoms. The fourth-order valence-electron chi connectivity index (χ4n) is 3.93. The van der Waals surface area contributed by atoms with E-state index in [2.05, 4.69) is 39.0 Å². The minimum absolute atomic E-state index is 0.0811. The lowest BCUT2D eigenvalue weighted by Crippen LogP contribution is -2.47. The first-order chi connectivity index (χ1) is 18.5. The van der Waals surface area contributed by atoms with Gasteiger partial charge < -0.3 is 16.0 Å². The number of primary amides is 1. The first kappa shape index (κ1) is 28.9. The highest BCUT2D eigenvalue weighted by Gasteiger charge is 2.40. The molecule has 0 spiro atoms. The zero-order valence-corrected chi connectivity index (χ0v) is 21.9. The van der Waals surface area contributed by atoms with E-state index in [-0.39, 0.29) is 37.6 Å². The molecule has 1 saturated heterocycles. The van der Waals surface area contributed by atoms with Gasteiger partial charge in [-0.2, -0.15) is 5.10 Å². The number of alkyl halides is 1. The normalized spacial score (nSPS) is 17.2. The topological polar surface area (TPSA) is 135 Å². The van der Waals surface area contributed by atoms with E-state index in [1.165, 1.54) is 10.9 Å². The third-order valence-corrected chi connectivity index (χ3v) is 5.92. The fraction of sp³-hybridized carbons (Fsp3) is 0.333. The summed E-state index contributed by atoms with van der Waals surface area (Å²) in [6, 6.07) is 3.76. The standard InChI is InChI=1S/C27H29F2N7O3/c1-5-10-32-23(31-4)9-7-17-6-8-21-19(11-17)25(26(30)38)34-36(21)15-24(37)35-14-18(28)12-22(35)27(39)33-13-20(29)16(2)3/h5-6,8,10-11,18,22H,4,12-15H2,1-3H3,(H2,30,38)(H,33,39)/b10-5-,32-23?/t18-,22+/m1/s1. The van der Waals surface area contributed by atoms with Crippen molar-refractivity contribution in [2.24, 2.45) is 15.7 Å². The lowest BCUT2D eigenvalue weighted by molar-refractivity contribution is -0.139. The Morgan fingerprint density at radius 1 is 1.33 bits per heavy atom. The molecule has 3 N–H and O–H groups in total. The number of hydrogen-bond acceptors (Lipinski definition) is 5. The van der Waals surface area contributed by atoms with Gasteiger partial charge in [0.25, 0.3) is 5.91 Å². The van der Waals surface area contributed by atoms with E-state index in [4.69, 9.17) is 5.73 Å². The van der Waals surface area contributed by atoms with Crippen molar-refractivity contribution in [3.05, 3.63) is 53.1 Å². The number of hydrogen-bond donors (Lipinski definition) is 2. The first-order valence-electron chi connectivity index (χ1n) is 12.1. The number of rotatable bonds is 7. The SMILES string of the molecule is C=NC(C#Cc1ccc2c(c1)c(C(N)=O)nn2CC(=O)N1C[C@H](F)C[C@H]1C(=O)NCC(F)=C(C)C)=N/C=C\C. The van der Waals surface area contributed by atoms with Gasteiger partial charge in [-0.05, 0) is 57.2 Å². The summed E-state index contributed by atoms with van der Waals surface area (Å²) in [4.78, 5) is 46.8. The molecule has 1 fully saturated rings. The molecule has 2 heterocycles. The molecule has 204 valence electrons. The average Bonchev–Trinajstić information content (AvgIpc) is 3.47. The third kappa shape index (κ3) is 7.01. The average molecular weight is 538 g/mol. The summed E-state index contributed by atoms with van der Waals surface area (Å²) in [5.41, 5.74) is 6.76. The maximum absolute atomic E-state index is 14.3. The minimum atomic E-state index is -1.42. The number of benzene rings is 1. The number of halogens is 2. The smallest absolute Gasteiger partial charge is 0.269 e. The number of amides is 3. The molecule has 0 saturated carbocycles. The summed E-state index contributed by atoms with van der Waals surface area (Å²) in [6.45, 7) is 7.32. The second-order valence-corrected chi connectivity index (χ2v) is 8.96. The summed E-state index contributed by atoms with van der Waals surface area (Å²) in [7, 11) is 0. The van der Waals surface area contributed by atoms with Crippen molar-refractivity contribution in [1.82, 2.24) is 20.0 Å². The van der Waals surface area contributed by atoms with E-state index in [0.29, 0.717) is 22.0 Å². The Bertz CT molecular complexity index is 1460. The van der Waals surface area contributed by atoms with Gasteiger partial charge in [0, 0.05) is 23.6 Å². The van der Waals surface area contributed by atoms with Crippen LogP contribution in [-0.2, 0) is 16.1 Å². The monoisotopic (exact) mass is 537 g/mol. The van der Waals surface area contributed by atoms with Crippen LogP contribution in [0.2, 0.25) is 0 Å². The molecule has 1 aliphatic rings. The van der Waals surface area contributed by atoms with E-state index >= 15 is 0 Å². The molecule has 0 unspecified atom stereocenters. The van der Waals surface area contributed by atoms with Gasteiger partial charge in [-0.25, -0.2) is 18.8 Å². The maximum atomic E-state index is 14.3. The zero-order chi connectivity index (χ0) is 28.7. The molecular formula is C27H29F2N7O3. The largest absolute Gasteiger partial charge is 0.364 e. The summed E-state index contributed by atoms with van der Waals surface area (Å²) >= 11 is 0. The van der Waals surface area contributed by atoms with Crippen LogP contribution in [0.15, 0.2) is 51.9 Å². The number of aromatic nitrogens is 2.